The van der Waals surface area contributed by atoms with Crippen LogP contribution < -0.4 is 10.2 Å². The molecule has 1 saturated heterocycles. The summed E-state index contributed by atoms with van der Waals surface area (Å²) in [6.45, 7) is 3.96. The average molecular weight is 396 g/mol. The quantitative estimate of drug-likeness (QED) is 0.573. The Labute approximate surface area is 166 Å². The van der Waals surface area contributed by atoms with Crippen molar-refractivity contribution in [2.24, 2.45) is 0 Å². The number of rotatable bonds is 3. The second kappa shape index (κ2) is 6.79. The van der Waals surface area contributed by atoms with Gasteiger partial charge in [-0.1, -0.05) is 11.3 Å². The minimum absolute atomic E-state index is 0.305. The summed E-state index contributed by atoms with van der Waals surface area (Å²) in [5.41, 5.74) is 3.58. The first-order chi connectivity index (χ1) is 13.6. The minimum Gasteiger partial charge on any atom is -0.348 e. The van der Waals surface area contributed by atoms with Crippen molar-refractivity contribution < 1.29 is 4.39 Å². The highest BCUT2D eigenvalue weighted by Gasteiger charge is 2.22. The molecule has 1 aromatic carbocycles. The van der Waals surface area contributed by atoms with E-state index in [2.05, 4.69) is 32.3 Å². The van der Waals surface area contributed by atoms with Crippen molar-refractivity contribution in [2.45, 2.75) is 25.8 Å². The van der Waals surface area contributed by atoms with Crippen LogP contribution in [0.5, 0.6) is 0 Å². The van der Waals surface area contributed by atoms with Crippen molar-refractivity contribution in [2.75, 3.05) is 25.0 Å². The fourth-order valence-electron chi connectivity index (χ4n) is 3.78. The number of aryl methyl sites for hydroxylation is 1. The normalized spacial score (nSPS) is 15.5. The molecule has 0 amide bonds. The number of thiazole rings is 1. The van der Waals surface area contributed by atoms with Crippen LogP contribution >= 0.6 is 11.3 Å². The van der Waals surface area contributed by atoms with E-state index in [0.717, 1.165) is 58.4 Å². The smallest absolute Gasteiger partial charge is 0.186 e. The first-order valence-corrected chi connectivity index (χ1v) is 10.3. The molecule has 8 heteroatoms. The summed E-state index contributed by atoms with van der Waals surface area (Å²) in [6, 6.07) is 7.73. The molecule has 0 atom stereocenters. The Kier molecular flexibility index (Phi) is 4.25. The fourth-order valence-corrected chi connectivity index (χ4v) is 4.84. The molecule has 0 spiro atoms. The van der Waals surface area contributed by atoms with Crippen LogP contribution in [0.15, 0.2) is 30.5 Å². The topological polar surface area (TPSA) is 58.4 Å². The third-order valence-corrected chi connectivity index (χ3v) is 6.43. The van der Waals surface area contributed by atoms with E-state index in [1.54, 1.807) is 4.52 Å². The molecule has 4 heterocycles. The third kappa shape index (κ3) is 3.02. The predicted octanol–water partition coefficient (Wildman–Crippen LogP) is 3.64. The van der Waals surface area contributed by atoms with Crippen molar-refractivity contribution >= 4 is 32.3 Å². The van der Waals surface area contributed by atoms with Crippen LogP contribution in [0.1, 0.15) is 18.5 Å². The SMILES string of the molecule is Cc1cc2nc(-c3cc(F)c4nc(N(C)C5CCNCC5)sc4c3)ccn2n1. The molecule has 0 unspecified atom stereocenters. The molecule has 4 aromatic rings. The maximum atomic E-state index is 14.8. The summed E-state index contributed by atoms with van der Waals surface area (Å²) >= 11 is 1.54. The van der Waals surface area contributed by atoms with Gasteiger partial charge in [0.15, 0.2) is 16.6 Å². The Morgan fingerprint density at radius 3 is 2.86 bits per heavy atom. The first-order valence-electron chi connectivity index (χ1n) is 9.45. The molecule has 5 rings (SSSR count). The second-order valence-corrected chi connectivity index (χ2v) is 8.30. The van der Waals surface area contributed by atoms with Crippen molar-refractivity contribution in [3.05, 3.63) is 42.0 Å². The molecule has 1 N–H and O–H groups in total. The summed E-state index contributed by atoms with van der Waals surface area (Å²) in [5.74, 6) is -0.305. The highest BCUT2D eigenvalue weighted by molar-refractivity contribution is 7.22. The van der Waals surface area contributed by atoms with Gasteiger partial charge in [0, 0.05) is 30.9 Å². The number of hydrogen-bond acceptors (Lipinski definition) is 6. The third-order valence-electron chi connectivity index (χ3n) is 5.34. The lowest BCUT2D eigenvalue weighted by Crippen LogP contribution is -2.41. The number of fused-ring (bicyclic) bond motifs is 2. The number of nitrogens with one attached hydrogen (secondary N) is 1. The molecule has 1 fully saturated rings. The van der Waals surface area contributed by atoms with Gasteiger partial charge in [0.05, 0.1) is 16.1 Å². The van der Waals surface area contributed by atoms with Crippen LogP contribution in [-0.4, -0.2) is 45.8 Å². The fraction of sp³-hybridized carbons (Fsp3) is 0.350. The zero-order valence-electron chi connectivity index (χ0n) is 15.8. The van der Waals surface area contributed by atoms with Gasteiger partial charge in [-0.15, -0.1) is 0 Å². The van der Waals surface area contributed by atoms with E-state index < -0.39 is 0 Å². The second-order valence-electron chi connectivity index (χ2n) is 7.29. The molecule has 0 bridgehead atoms. The molecule has 1 aliphatic rings. The zero-order chi connectivity index (χ0) is 19.3. The van der Waals surface area contributed by atoms with Gasteiger partial charge in [0.2, 0.25) is 0 Å². The highest BCUT2D eigenvalue weighted by atomic mass is 32.1. The standard InChI is InChI=1S/C20H21FN6S/c1-12-9-18-23-16(5-8-27(18)25-12)13-10-15(21)19-17(11-13)28-20(24-19)26(2)14-3-6-22-7-4-14/h5,8-11,14,22H,3-4,6-7H2,1-2H3. The number of benzene rings is 1. The summed E-state index contributed by atoms with van der Waals surface area (Å²) in [6.07, 6.45) is 4.01. The first kappa shape index (κ1) is 17.5. The summed E-state index contributed by atoms with van der Waals surface area (Å²) < 4.78 is 17.4. The number of piperidine rings is 1. The van der Waals surface area contributed by atoms with Gasteiger partial charge in [-0.2, -0.15) is 5.10 Å². The van der Waals surface area contributed by atoms with Crippen molar-refractivity contribution in [1.82, 2.24) is 24.9 Å². The average Bonchev–Trinajstić information content (AvgIpc) is 3.30. The number of aromatic nitrogens is 4. The lowest BCUT2D eigenvalue weighted by Gasteiger charge is -2.31. The maximum absolute atomic E-state index is 14.8. The van der Waals surface area contributed by atoms with Crippen LogP contribution in [0.2, 0.25) is 0 Å². The van der Waals surface area contributed by atoms with Gasteiger partial charge >= 0.3 is 0 Å². The Morgan fingerprint density at radius 2 is 2.04 bits per heavy atom. The van der Waals surface area contributed by atoms with E-state index in [9.17, 15) is 4.39 Å². The molecule has 1 aliphatic heterocycles. The summed E-state index contributed by atoms with van der Waals surface area (Å²) in [4.78, 5) is 11.4. The van der Waals surface area contributed by atoms with Crippen molar-refractivity contribution in [3.63, 3.8) is 0 Å². The maximum Gasteiger partial charge on any atom is 0.186 e. The van der Waals surface area contributed by atoms with E-state index in [1.165, 1.54) is 17.4 Å². The lowest BCUT2D eigenvalue weighted by molar-refractivity contribution is 0.443. The molecular weight excluding hydrogens is 375 g/mol. The number of nitrogens with zero attached hydrogens (tertiary/aromatic N) is 5. The number of anilines is 1. The van der Waals surface area contributed by atoms with Crippen molar-refractivity contribution in [3.8, 4) is 11.3 Å². The summed E-state index contributed by atoms with van der Waals surface area (Å²) in [5, 5.41) is 8.59. The number of hydrogen-bond donors (Lipinski definition) is 1. The molecular formula is C20H21FN6S. The van der Waals surface area contributed by atoms with E-state index in [-0.39, 0.29) is 5.82 Å². The molecule has 0 radical (unpaired) electrons. The summed E-state index contributed by atoms with van der Waals surface area (Å²) in [7, 11) is 2.06. The predicted molar refractivity (Wildman–Crippen MR) is 111 cm³/mol. The Hall–Kier alpha value is -2.58. The minimum atomic E-state index is -0.305. The molecule has 0 saturated carbocycles. The van der Waals surface area contributed by atoms with Crippen LogP contribution in [0.25, 0.3) is 27.1 Å². The molecule has 28 heavy (non-hydrogen) atoms. The molecule has 3 aromatic heterocycles. The van der Waals surface area contributed by atoms with E-state index in [4.69, 9.17) is 0 Å². The molecule has 144 valence electrons. The molecule has 6 nitrogen and oxygen atoms in total. The van der Waals surface area contributed by atoms with Gasteiger partial charge in [0.25, 0.3) is 0 Å². The highest BCUT2D eigenvalue weighted by Crippen LogP contribution is 2.34. The lowest BCUT2D eigenvalue weighted by atomic mass is 10.1. The monoisotopic (exact) mass is 396 g/mol. The van der Waals surface area contributed by atoms with Crippen molar-refractivity contribution in [1.29, 1.82) is 0 Å². The molecule has 0 aliphatic carbocycles. The number of halogens is 1. The van der Waals surface area contributed by atoms with Crippen LogP contribution in [0, 0.1) is 12.7 Å². The van der Waals surface area contributed by atoms with Gasteiger partial charge in [-0.25, -0.2) is 18.9 Å². The van der Waals surface area contributed by atoms with E-state index in [1.807, 2.05) is 31.3 Å². The Balaban J connectivity index is 1.53. The Morgan fingerprint density at radius 1 is 1.21 bits per heavy atom. The zero-order valence-corrected chi connectivity index (χ0v) is 16.6. The van der Waals surface area contributed by atoms with Crippen LogP contribution in [0.4, 0.5) is 9.52 Å². The van der Waals surface area contributed by atoms with E-state index in [0.29, 0.717) is 11.6 Å². The Bertz CT molecular complexity index is 1160. The van der Waals surface area contributed by atoms with Gasteiger partial charge in [0.1, 0.15) is 5.52 Å². The van der Waals surface area contributed by atoms with Crippen LogP contribution in [0.3, 0.4) is 0 Å². The van der Waals surface area contributed by atoms with Gasteiger partial charge in [-0.3, -0.25) is 0 Å². The van der Waals surface area contributed by atoms with Gasteiger partial charge in [-0.05, 0) is 51.1 Å². The van der Waals surface area contributed by atoms with Gasteiger partial charge < -0.3 is 10.2 Å². The largest absolute Gasteiger partial charge is 0.348 e. The van der Waals surface area contributed by atoms with Crippen LogP contribution in [-0.2, 0) is 0 Å². The van der Waals surface area contributed by atoms with E-state index >= 15 is 0 Å².